The normalized spacial score (nSPS) is 11.8. The number of nitrogens with zero attached hydrogens (tertiary/aromatic N) is 1. The second-order valence-electron chi connectivity index (χ2n) is 5.27. The molecule has 6 nitrogen and oxygen atoms in total. The smallest absolute Gasteiger partial charge is 0.270 e. The lowest BCUT2D eigenvalue weighted by molar-refractivity contribution is 0.0949. The Balaban J connectivity index is 1.94. The van der Waals surface area contributed by atoms with Crippen molar-refractivity contribution in [1.29, 1.82) is 0 Å². The summed E-state index contributed by atoms with van der Waals surface area (Å²) in [7, 11) is 3.24. The van der Waals surface area contributed by atoms with Crippen molar-refractivity contribution in [3.8, 4) is 11.5 Å². The minimum absolute atomic E-state index is 0.113. The Bertz CT molecular complexity index is 687. The zero-order chi connectivity index (χ0) is 17.5. The summed E-state index contributed by atoms with van der Waals surface area (Å²) in [5.41, 5.74) is 7.32. The topological polar surface area (TPSA) is 86.5 Å². The van der Waals surface area contributed by atoms with Crippen LogP contribution in [-0.2, 0) is 6.42 Å². The molecular formula is C17H23N3O3S. The van der Waals surface area contributed by atoms with Crippen molar-refractivity contribution < 1.29 is 14.3 Å². The number of aromatic nitrogens is 1. The highest BCUT2D eigenvalue weighted by Crippen LogP contribution is 2.24. The number of hydrogen-bond donors (Lipinski definition) is 2. The molecule has 2 aromatic rings. The molecule has 1 aromatic heterocycles. The number of ether oxygens (including phenoxy) is 2. The molecule has 0 spiro atoms. The predicted octanol–water partition coefficient (Wildman–Crippen LogP) is 2.54. The van der Waals surface area contributed by atoms with Crippen molar-refractivity contribution in [1.82, 2.24) is 10.3 Å². The van der Waals surface area contributed by atoms with Gasteiger partial charge in [-0.1, -0.05) is 6.92 Å². The highest BCUT2D eigenvalue weighted by Gasteiger charge is 2.14. The largest absolute Gasteiger partial charge is 0.497 e. The standard InChI is InChI=1S/C17H23N3O3S/c1-4-13(18)17-20-14(10-24-17)16(21)19-8-7-11-9-12(22-2)5-6-15(11)23-3/h5-6,9-10,13H,4,7-8,18H2,1-3H3,(H,19,21). The van der Waals surface area contributed by atoms with Crippen LogP contribution < -0.4 is 20.5 Å². The number of carbonyl (C=O) groups is 1. The fourth-order valence-corrected chi connectivity index (χ4v) is 3.10. The summed E-state index contributed by atoms with van der Waals surface area (Å²) in [4.78, 5) is 16.5. The van der Waals surface area contributed by atoms with Crippen molar-refractivity contribution in [2.75, 3.05) is 20.8 Å². The maximum Gasteiger partial charge on any atom is 0.270 e. The summed E-state index contributed by atoms with van der Waals surface area (Å²) in [6.07, 6.45) is 1.43. The lowest BCUT2D eigenvalue weighted by Gasteiger charge is -2.10. The van der Waals surface area contributed by atoms with E-state index in [1.54, 1.807) is 19.6 Å². The van der Waals surface area contributed by atoms with E-state index in [1.807, 2.05) is 25.1 Å². The fraction of sp³-hybridized carbons (Fsp3) is 0.412. The summed E-state index contributed by atoms with van der Waals surface area (Å²) >= 11 is 1.42. The Labute approximate surface area is 146 Å². The molecule has 1 heterocycles. The third-order valence-electron chi connectivity index (χ3n) is 3.68. The molecule has 130 valence electrons. The van der Waals surface area contributed by atoms with Gasteiger partial charge in [-0.3, -0.25) is 4.79 Å². The molecule has 3 N–H and O–H groups in total. The van der Waals surface area contributed by atoms with Crippen LogP contribution in [0.1, 0.15) is 40.4 Å². The van der Waals surface area contributed by atoms with Crippen molar-refractivity contribution >= 4 is 17.2 Å². The number of rotatable bonds is 8. The fourth-order valence-electron chi connectivity index (χ4n) is 2.22. The molecule has 1 aromatic carbocycles. The van der Waals surface area contributed by atoms with Gasteiger partial charge in [-0.25, -0.2) is 4.98 Å². The monoisotopic (exact) mass is 349 g/mol. The van der Waals surface area contributed by atoms with Crippen LogP contribution in [0.4, 0.5) is 0 Å². The molecule has 0 aliphatic rings. The lowest BCUT2D eigenvalue weighted by atomic mass is 10.1. The minimum atomic E-state index is -0.192. The van der Waals surface area contributed by atoms with Crippen LogP contribution in [0.15, 0.2) is 23.6 Å². The molecule has 0 saturated heterocycles. The second kappa shape index (κ2) is 8.65. The van der Waals surface area contributed by atoms with Gasteiger partial charge >= 0.3 is 0 Å². The van der Waals surface area contributed by atoms with Gasteiger partial charge in [-0.05, 0) is 36.6 Å². The Hall–Kier alpha value is -2.12. The molecule has 0 saturated carbocycles. The number of benzene rings is 1. The van der Waals surface area contributed by atoms with Gasteiger partial charge < -0.3 is 20.5 Å². The van der Waals surface area contributed by atoms with E-state index in [0.29, 0.717) is 18.7 Å². The first-order valence-corrected chi connectivity index (χ1v) is 8.67. The Morgan fingerprint density at radius 1 is 1.38 bits per heavy atom. The van der Waals surface area contributed by atoms with Crippen molar-refractivity contribution in [3.63, 3.8) is 0 Å². The lowest BCUT2D eigenvalue weighted by Crippen LogP contribution is -2.26. The molecule has 0 bridgehead atoms. The number of hydrogen-bond acceptors (Lipinski definition) is 6. The molecular weight excluding hydrogens is 326 g/mol. The Morgan fingerprint density at radius 3 is 2.83 bits per heavy atom. The zero-order valence-electron chi connectivity index (χ0n) is 14.2. The molecule has 0 radical (unpaired) electrons. The summed E-state index contributed by atoms with van der Waals surface area (Å²) in [6, 6.07) is 5.49. The molecule has 0 aliphatic carbocycles. The van der Waals surface area contributed by atoms with Gasteiger partial charge in [0.25, 0.3) is 5.91 Å². The van der Waals surface area contributed by atoms with E-state index in [4.69, 9.17) is 15.2 Å². The van der Waals surface area contributed by atoms with Gasteiger partial charge in [0.1, 0.15) is 22.2 Å². The van der Waals surface area contributed by atoms with Gasteiger partial charge in [0.15, 0.2) is 0 Å². The summed E-state index contributed by atoms with van der Waals surface area (Å²) in [5.74, 6) is 1.34. The summed E-state index contributed by atoms with van der Waals surface area (Å²) in [6.45, 7) is 2.47. The minimum Gasteiger partial charge on any atom is -0.497 e. The molecule has 24 heavy (non-hydrogen) atoms. The molecule has 7 heteroatoms. The average molecular weight is 349 g/mol. The van der Waals surface area contributed by atoms with Crippen LogP contribution in [0.5, 0.6) is 11.5 Å². The highest BCUT2D eigenvalue weighted by atomic mass is 32.1. The van der Waals surface area contributed by atoms with Crippen molar-refractivity contribution in [2.45, 2.75) is 25.8 Å². The first kappa shape index (κ1) is 18.2. The van der Waals surface area contributed by atoms with Gasteiger partial charge in [0.05, 0.1) is 20.3 Å². The third-order valence-corrected chi connectivity index (χ3v) is 4.66. The number of thiazole rings is 1. The van der Waals surface area contributed by atoms with Crippen LogP contribution in [-0.4, -0.2) is 31.7 Å². The van der Waals surface area contributed by atoms with E-state index >= 15 is 0 Å². The van der Waals surface area contributed by atoms with Crippen LogP contribution in [0.2, 0.25) is 0 Å². The number of nitrogens with one attached hydrogen (secondary N) is 1. The molecule has 0 aliphatic heterocycles. The number of nitrogens with two attached hydrogens (primary N) is 1. The zero-order valence-corrected chi connectivity index (χ0v) is 15.0. The number of carbonyl (C=O) groups excluding carboxylic acids is 1. The van der Waals surface area contributed by atoms with E-state index in [1.165, 1.54) is 11.3 Å². The Kier molecular flexibility index (Phi) is 6.57. The van der Waals surface area contributed by atoms with Crippen molar-refractivity contribution in [3.05, 3.63) is 39.8 Å². The van der Waals surface area contributed by atoms with E-state index in [-0.39, 0.29) is 11.9 Å². The molecule has 1 atom stereocenters. The first-order chi connectivity index (χ1) is 11.6. The van der Waals surface area contributed by atoms with Crippen LogP contribution in [0.3, 0.4) is 0 Å². The third kappa shape index (κ3) is 4.46. The van der Waals surface area contributed by atoms with Crippen LogP contribution in [0, 0.1) is 0 Å². The van der Waals surface area contributed by atoms with Crippen LogP contribution >= 0.6 is 11.3 Å². The van der Waals surface area contributed by atoms with E-state index in [2.05, 4.69) is 10.3 Å². The van der Waals surface area contributed by atoms with Gasteiger partial charge in [0, 0.05) is 11.9 Å². The average Bonchev–Trinajstić information content (AvgIpc) is 3.11. The predicted molar refractivity (Wildman–Crippen MR) is 94.9 cm³/mol. The summed E-state index contributed by atoms with van der Waals surface area (Å²) in [5, 5.41) is 5.41. The molecule has 1 unspecified atom stereocenters. The van der Waals surface area contributed by atoms with Gasteiger partial charge in [-0.15, -0.1) is 11.3 Å². The second-order valence-corrected chi connectivity index (χ2v) is 6.16. The van der Waals surface area contributed by atoms with Crippen LogP contribution in [0.25, 0.3) is 0 Å². The molecule has 1 amide bonds. The SMILES string of the molecule is CCC(N)c1nc(C(=O)NCCc2cc(OC)ccc2OC)cs1. The quantitative estimate of drug-likeness (QED) is 0.765. The molecule has 2 rings (SSSR count). The Morgan fingerprint density at radius 2 is 2.17 bits per heavy atom. The number of amides is 1. The first-order valence-electron chi connectivity index (χ1n) is 7.79. The van der Waals surface area contributed by atoms with Gasteiger partial charge in [-0.2, -0.15) is 0 Å². The number of methoxy groups -OCH3 is 2. The van der Waals surface area contributed by atoms with Gasteiger partial charge in [0.2, 0.25) is 0 Å². The van der Waals surface area contributed by atoms with E-state index < -0.39 is 0 Å². The maximum absolute atomic E-state index is 12.2. The summed E-state index contributed by atoms with van der Waals surface area (Å²) < 4.78 is 10.6. The van der Waals surface area contributed by atoms with E-state index in [9.17, 15) is 4.79 Å². The maximum atomic E-state index is 12.2. The van der Waals surface area contributed by atoms with Crippen molar-refractivity contribution in [2.24, 2.45) is 5.73 Å². The molecule has 0 fully saturated rings. The highest BCUT2D eigenvalue weighted by molar-refractivity contribution is 7.09. The van der Waals surface area contributed by atoms with E-state index in [0.717, 1.165) is 28.5 Å².